The highest BCUT2D eigenvalue weighted by Gasteiger charge is 2.31. The van der Waals surface area contributed by atoms with Crippen LogP contribution in [0.3, 0.4) is 0 Å². The zero-order chi connectivity index (χ0) is 11.7. The molecule has 17 heavy (non-hydrogen) atoms. The van der Waals surface area contributed by atoms with Crippen molar-refractivity contribution < 1.29 is 0 Å². The van der Waals surface area contributed by atoms with E-state index in [-0.39, 0.29) is 0 Å². The van der Waals surface area contributed by atoms with Crippen molar-refractivity contribution in [2.45, 2.75) is 18.8 Å². The Kier molecular flexibility index (Phi) is 2.81. The molecule has 1 saturated carbocycles. The molecule has 0 saturated heterocycles. The molecule has 0 spiro atoms. The Balaban J connectivity index is 1.90. The second-order valence-electron chi connectivity index (χ2n) is 4.96. The maximum atomic E-state index is 4.44. The highest BCUT2D eigenvalue weighted by atomic mass is 14.8. The predicted octanol–water partition coefficient (Wildman–Crippen LogP) is 2.95. The number of rotatable bonds is 3. The van der Waals surface area contributed by atoms with Crippen LogP contribution in [0.25, 0.3) is 10.9 Å². The molecule has 1 aliphatic carbocycles. The van der Waals surface area contributed by atoms with Crippen molar-refractivity contribution in [3.05, 3.63) is 42.1 Å². The van der Waals surface area contributed by atoms with Gasteiger partial charge < -0.3 is 5.32 Å². The smallest absolute Gasteiger partial charge is 0.0704 e. The Morgan fingerprint density at radius 2 is 2.24 bits per heavy atom. The fourth-order valence-electron chi connectivity index (χ4n) is 2.83. The minimum Gasteiger partial charge on any atom is -0.319 e. The molecule has 0 radical (unpaired) electrons. The zero-order valence-electron chi connectivity index (χ0n) is 10.2. The number of benzene rings is 1. The topological polar surface area (TPSA) is 24.9 Å². The van der Waals surface area contributed by atoms with E-state index in [0.29, 0.717) is 0 Å². The molecule has 1 aliphatic rings. The summed E-state index contributed by atoms with van der Waals surface area (Å²) >= 11 is 0. The van der Waals surface area contributed by atoms with Crippen molar-refractivity contribution in [2.24, 2.45) is 5.92 Å². The second-order valence-corrected chi connectivity index (χ2v) is 4.96. The highest BCUT2D eigenvalue weighted by Crippen LogP contribution is 2.42. The van der Waals surface area contributed by atoms with Crippen molar-refractivity contribution in [2.75, 3.05) is 13.6 Å². The lowest BCUT2D eigenvalue weighted by Gasteiger charge is -2.37. The van der Waals surface area contributed by atoms with E-state index < -0.39 is 0 Å². The summed E-state index contributed by atoms with van der Waals surface area (Å²) in [4.78, 5) is 4.44. The van der Waals surface area contributed by atoms with Gasteiger partial charge in [0.25, 0.3) is 0 Å². The van der Waals surface area contributed by atoms with Crippen molar-refractivity contribution in [3.8, 4) is 0 Å². The number of pyridine rings is 1. The van der Waals surface area contributed by atoms with Gasteiger partial charge in [-0.2, -0.15) is 0 Å². The second kappa shape index (κ2) is 4.46. The number of hydrogen-bond acceptors (Lipinski definition) is 2. The fraction of sp³-hybridized carbons (Fsp3) is 0.400. The largest absolute Gasteiger partial charge is 0.319 e. The highest BCUT2D eigenvalue weighted by molar-refractivity contribution is 5.79. The van der Waals surface area contributed by atoms with Crippen LogP contribution >= 0.6 is 0 Å². The minimum absolute atomic E-state index is 0.730. The Morgan fingerprint density at radius 3 is 3.00 bits per heavy atom. The SMILES string of the molecule is CNCC1CCC1c1ccc2cccnc2c1. The van der Waals surface area contributed by atoms with E-state index in [1.165, 1.54) is 23.8 Å². The Hall–Kier alpha value is -1.41. The molecule has 3 rings (SSSR count). The average molecular weight is 226 g/mol. The standard InChI is InChI=1S/C15H18N2/c1-16-10-13-6-7-14(13)12-5-4-11-3-2-8-17-15(11)9-12/h2-5,8-9,13-14,16H,6-7,10H2,1H3. The molecule has 88 valence electrons. The van der Waals surface area contributed by atoms with E-state index in [9.17, 15) is 0 Å². The maximum absolute atomic E-state index is 4.44. The van der Waals surface area contributed by atoms with E-state index in [1.54, 1.807) is 0 Å². The summed E-state index contributed by atoms with van der Waals surface area (Å²) in [6.07, 6.45) is 4.55. The summed E-state index contributed by atoms with van der Waals surface area (Å²) in [5.74, 6) is 1.54. The van der Waals surface area contributed by atoms with Gasteiger partial charge in [0, 0.05) is 11.6 Å². The van der Waals surface area contributed by atoms with Crippen molar-refractivity contribution in [1.29, 1.82) is 0 Å². The van der Waals surface area contributed by atoms with Gasteiger partial charge in [-0.25, -0.2) is 0 Å². The van der Waals surface area contributed by atoms with Crippen molar-refractivity contribution in [1.82, 2.24) is 10.3 Å². The van der Waals surface area contributed by atoms with Crippen molar-refractivity contribution >= 4 is 10.9 Å². The Bertz CT molecular complexity index is 521. The van der Waals surface area contributed by atoms with Gasteiger partial charge in [0.2, 0.25) is 0 Å². The summed E-state index contributed by atoms with van der Waals surface area (Å²) in [6, 6.07) is 10.9. The molecule has 2 aromatic rings. The summed E-state index contributed by atoms with van der Waals surface area (Å²) < 4.78 is 0. The molecular formula is C15H18N2. The van der Waals surface area contributed by atoms with Crippen molar-refractivity contribution in [3.63, 3.8) is 0 Å². The molecule has 1 fully saturated rings. The number of aromatic nitrogens is 1. The first-order valence-corrected chi connectivity index (χ1v) is 6.38. The minimum atomic E-state index is 0.730. The van der Waals surface area contributed by atoms with Crippen LogP contribution in [0.5, 0.6) is 0 Å². The molecule has 0 bridgehead atoms. The monoisotopic (exact) mass is 226 g/mol. The van der Waals surface area contributed by atoms with E-state index in [1.807, 2.05) is 19.3 Å². The lowest BCUT2D eigenvalue weighted by molar-refractivity contribution is 0.251. The van der Waals surface area contributed by atoms with Gasteiger partial charge >= 0.3 is 0 Å². The molecule has 1 heterocycles. The fourth-order valence-corrected chi connectivity index (χ4v) is 2.83. The molecule has 1 N–H and O–H groups in total. The molecule has 2 heteroatoms. The van der Waals surface area contributed by atoms with Gasteiger partial charge in [-0.05, 0) is 56.0 Å². The summed E-state index contributed by atoms with van der Waals surface area (Å²) in [5.41, 5.74) is 2.59. The van der Waals surface area contributed by atoms with E-state index in [0.717, 1.165) is 23.9 Å². The van der Waals surface area contributed by atoms with Crippen LogP contribution in [-0.4, -0.2) is 18.6 Å². The number of nitrogens with zero attached hydrogens (tertiary/aromatic N) is 1. The van der Waals surface area contributed by atoms with E-state index >= 15 is 0 Å². The molecule has 0 amide bonds. The third-order valence-corrected chi connectivity index (χ3v) is 3.94. The predicted molar refractivity (Wildman–Crippen MR) is 71.1 cm³/mol. The zero-order valence-corrected chi connectivity index (χ0v) is 10.2. The van der Waals surface area contributed by atoms with Gasteiger partial charge in [-0.1, -0.05) is 18.2 Å². The van der Waals surface area contributed by atoms with Crippen LogP contribution in [0, 0.1) is 5.92 Å². The summed E-state index contributed by atoms with van der Waals surface area (Å²) in [7, 11) is 2.04. The first kappa shape index (κ1) is 10.7. The lowest BCUT2D eigenvalue weighted by Crippen LogP contribution is -2.32. The van der Waals surface area contributed by atoms with Gasteiger partial charge in [-0.15, -0.1) is 0 Å². The summed E-state index contributed by atoms with van der Waals surface area (Å²) in [5, 5.41) is 4.53. The Labute approximate surface area is 102 Å². The van der Waals surface area contributed by atoms with Gasteiger partial charge in [0.05, 0.1) is 5.52 Å². The number of hydrogen-bond donors (Lipinski definition) is 1. The summed E-state index contributed by atoms with van der Waals surface area (Å²) in [6.45, 7) is 1.13. The van der Waals surface area contributed by atoms with E-state index in [4.69, 9.17) is 0 Å². The molecule has 2 nitrogen and oxygen atoms in total. The van der Waals surface area contributed by atoms with Crippen LogP contribution in [0.15, 0.2) is 36.5 Å². The quantitative estimate of drug-likeness (QED) is 0.870. The van der Waals surface area contributed by atoms with Gasteiger partial charge in [-0.3, -0.25) is 4.98 Å². The number of fused-ring (bicyclic) bond motifs is 1. The van der Waals surface area contributed by atoms with Crippen LogP contribution in [-0.2, 0) is 0 Å². The Morgan fingerprint density at radius 1 is 1.29 bits per heavy atom. The molecular weight excluding hydrogens is 208 g/mol. The third-order valence-electron chi connectivity index (χ3n) is 3.94. The molecule has 2 unspecified atom stereocenters. The van der Waals surface area contributed by atoms with Crippen LogP contribution < -0.4 is 5.32 Å². The van der Waals surface area contributed by atoms with Gasteiger partial charge in [0.1, 0.15) is 0 Å². The molecule has 2 atom stereocenters. The maximum Gasteiger partial charge on any atom is 0.0704 e. The van der Waals surface area contributed by atoms with Crippen LogP contribution in [0.2, 0.25) is 0 Å². The van der Waals surface area contributed by atoms with Crippen LogP contribution in [0.1, 0.15) is 24.3 Å². The first-order chi connectivity index (χ1) is 8.38. The van der Waals surface area contributed by atoms with Gasteiger partial charge in [0.15, 0.2) is 0 Å². The third kappa shape index (κ3) is 1.93. The van der Waals surface area contributed by atoms with Crippen LogP contribution in [0.4, 0.5) is 0 Å². The van der Waals surface area contributed by atoms with E-state index in [2.05, 4.69) is 34.6 Å². The normalized spacial score (nSPS) is 23.6. The average Bonchev–Trinajstić information content (AvgIpc) is 2.34. The lowest BCUT2D eigenvalue weighted by atomic mass is 9.70. The first-order valence-electron chi connectivity index (χ1n) is 6.38. The molecule has 0 aliphatic heterocycles. The molecule has 1 aromatic carbocycles. The molecule has 1 aromatic heterocycles. The number of nitrogens with one attached hydrogen (secondary N) is 1.